The Morgan fingerprint density at radius 2 is 1.86 bits per heavy atom. The van der Waals surface area contributed by atoms with Crippen LogP contribution < -0.4 is 14.9 Å². The standard InChI is InChI=1S/C29H24BrN3O3/c1-4-16-36-28-25(30)17-21(18-27(28)35-3)19-31-32-29(34)23-11-13-24(14-12-23)33-20(2)10-15-26(33)22-8-6-5-7-9-22/h1,5-15,17-19H,16H2,2-3H3,(H,32,34)/b31-19+. The fraction of sp³-hybridized carbons (Fsp3) is 0.103. The first-order chi connectivity index (χ1) is 17.5. The zero-order valence-electron chi connectivity index (χ0n) is 19.9. The molecule has 0 fully saturated rings. The lowest BCUT2D eigenvalue weighted by molar-refractivity contribution is 0.0955. The molecule has 0 aliphatic heterocycles. The smallest absolute Gasteiger partial charge is 0.271 e. The van der Waals surface area contributed by atoms with Crippen LogP contribution in [0.25, 0.3) is 16.9 Å². The van der Waals surface area contributed by atoms with Gasteiger partial charge in [-0.3, -0.25) is 4.79 Å². The molecule has 0 saturated heterocycles. The van der Waals surface area contributed by atoms with Crippen molar-refractivity contribution in [3.05, 3.63) is 100 Å². The molecule has 180 valence electrons. The first-order valence-corrected chi connectivity index (χ1v) is 11.9. The minimum absolute atomic E-state index is 0.120. The number of hydrazone groups is 1. The molecule has 6 nitrogen and oxygen atoms in total. The molecule has 1 N–H and O–H groups in total. The Labute approximate surface area is 218 Å². The highest BCUT2D eigenvalue weighted by Gasteiger charge is 2.12. The number of amides is 1. The summed E-state index contributed by atoms with van der Waals surface area (Å²) in [6, 6.07) is 25.3. The first kappa shape index (κ1) is 24.8. The molecule has 1 aromatic heterocycles. The summed E-state index contributed by atoms with van der Waals surface area (Å²) in [4.78, 5) is 12.6. The van der Waals surface area contributed by atoms with E-state index in [1.54, 1.807) is 24.3 Å². The molecule has 0 unspecified atom stereocenters. The van der Waals surface area contributed by atoms with E-state index in [4.69, 9.17) is 15.9 Å². The van der Waals surface area contributed by atoms with E-state index >= 15 is 0 Å². The second-order valence-electron chi connectivity index (χ2n) is 7.83. The number of terminal acetylenes is 1. The molecule has 4 aromatic rings. The third-order valence-corrected chi connectivity index (χ3v) is 6.05. The van der Waals surface area contributed by atoms with Crippen molar-refractivity contribution in [3.63, 3.8) is 0 Å². The van der Waals surface area contributed by atoms with Crippen LogP contribution in [-0.4, -0.2) is 30.4 Å². The first-order valence-electron chi connectivity index (χ1n) is 11.1. The van der Waals surface area contributed by atoms with Crippen molar-refractivity contribution in [1.82, 2.24) is 9.99 Å². The van der Waals surface area contributed by atoms with Crippen molar-refractivity contribution < 1.29 is 14.3 Å². The predicted octanol–water partition coefficient (Wildman–Crippen LogP) is 6.00. The van der Waals surface area contributed by atoms with Gasteiger partial charge in [-0.2, -0.15) is 5.10 Å². The van der Waals surface area contributed by atoms with E-state index in [0.29, 0.717) is 27.1 Å². The molecule has 3 aromatic carbocycles. The zero-order valence-corrected chi connectivity index (χ0v) is 21.5. The minimum atomic E-state index is -0.315. The number of ether oxygens (including phenoxy) is 2. The highest BCUT2D eigenvalue weighted by molar-refractivity contribution is 9.10. The third kappa shape index (κ3) is 5.51. The van der Waals surface area contributed by atoms with Gasteiger partial charge in [0.25, 0.3) is 5.91 Å². The Bertz CT molecular complexity index is 1440. The van der Waals surface area contributed by atoms with Crippen LogP contribution in [0.15, 0.2) is 88.4 Å². The van der Waals surface area contributed by atoms with Crippen LogP contribution in [0, 0.1) is 19.3 Å². The van der Waals surface area contributed by atoms with Gasteiger partial charge in [-0.05, 0) is 82.5 Å². The zero-order chi connectivity index (χ0) is 25.5. The van der Waals surface area contributed by atoms with Gasteiger partial charge in [0, 0.05) is 16.9 Å². The number of nitrogens with zero attached hydrogens (tertiary/aromatic N) is 2. The molecule has 0 aliphatic rings. The summed E-state index contributed by atoms with van der Waals surface area (Å²) in [5, 5.41) is 4.09. The van der Waals surface area contributed by atoms with E-state index in [2.05, 4.69) is 68.1 Å². The number of aromatic nitrogens is 1. The van der Waals surface area contributed by atoms with Crippen molar-refractivity contribution in [1.29, 1.82) is 0 Å². The van der Waals surface area contributed by atoms with E-state index in [0.717, 1.165) is 22.6 Å². The summed E-state index contributed by atoms with van der Waals surface area (Å²) in [7, 11) is 1.54. The van der Waals surface area contributed by atoms with Crippen molar-refractivity contribution in [2.24, 2.45) is 5.10 Å². The van der Waals surface area contributed by atoms with E-state index in [-0.39, 0.29) is 12.5 Å². The highest BCUT2D eigenvalue weighted by atomic mass is 79.9. The number of halogens is 1. The maximum atomic E-state index is 12.6. The van der Waals surface area contributed by atoms with Gasteiger partial charge in [0.2, 0.25) is 0 Å². The predicted molar refractivity (Wildman–Crippen MR) is 146 cm³/mol. The summed E-state index contributed by atoms with van der Waals surface area (Å²) in [6.07, 6.45) is 6.79. The number of benzene rings is 3. The Kier molecular flexibility index (Phi) is 7.89. The third-order valence-electron chi connectivity index (χ3n) is 5.46. The SMILES string of the molecule is C#CCOc1c(Br)cc(/C=N/NC(=O)c2ccc(-n3c(C)ccc3-c3ccccc3)cc2)cc1OC. The number of carbonyl (C=O) groups excluding carboxylic acids is 1. The molecule has 4 rings (SSSR count). The Morgan fingerprint density at radius 1 is 1.11 bits per heavy atom. The van der Waals surface area contributed by atoms with E-state index in [1.165, 1.54) is 13.3 Å². The van der Waals surface area contributed by atoms with Gasteiger partial charge in [0.15, 0.2) is 11.5 Å². The van der Waals surface area contributed by atoms with Crippen LogP contribution in [-0.2, 0) is 0 Å². The molecule has 0 atom stereocenters. The van der Waals surface area contributed by atoms with Crippen molar-refractivity contribution in [2.75, 3.05) is 13.7 Å². The summed E-state index contributed by atoms with van der Waals surface area (Å²) in [6.45, 7) is 2.18. The Balaban J connectivity index is 1.47. The average molecular weight is 542 g/mol. The summed E-state index contributed by atoms with van der Waals surface area (Å²) in [5.41, 5.74) is 8.07. The number of rotatable bonds is 8. The van der Waals surface area contributed by atoms with Crippen molar-refractivity contribution in [3.8, 4) is 40.8 Å². The van der Waals surface area contributed by atoms with Gasteiger partial charge in [0.1, 0.15) is 6.61 Å². The topological polar surface area (TPSA) is 64.8 Å². The minimum Gasteiger partial charge on any atom is -0.493 e. The lowest BCUT2D eigenvalue weighted by Crippen LogP contribution is -2.17. The van der Waals surface area contributed by atoms with Gasteiger partial charge in [-0.25, -0.2) is 5.43 Å². The molecule has 1 heterocycles. The lowest BCUT2D eigenvalue weighted by atomic mass is 10.1. The van der Waals surface area contributed by atoms with Crippen LogP contribution in [0.3, 0.4) is 0 Å². The number of carbonyl (C=O) groups is 1. The number of methoxy groups -OCH3 is 1. The van der Waals surface area contributed by atoms with E-state index < -0.39 is 0 Å². The summed E-state index contributed by atoms with van der Waals surface area (Å²) >= 11 is 3.45. The van der Waals surface area contributed by atoms with Gasteiger partial charge in [-0.15, -0.1) is 6.42 Å². The molecule has 0 bridgehead atoms. The molecule has 0 spiro atoms. The fourth-order valence-electron chi connectivity index (χ4n) is 3.78. The monoisotopic (exact) mass is 541 g/mol. The maximum absolute atomic E-state index is 12.6. The Morgan fingerprint density at radius 3 is 2.56 bits per heavy atom. The fourth-order valence-corrected chi connectivity index (χ4v) is 4.35. The molecule has 0 radical (unpaired) electrons. The van der Waals surface area contributed by atoms with Crippen LogP contribution in [0.5, 0.6) is 11.5 Å². The number of hydrogen-bond donors (Lipinski definition) is 1. The summed E-state index contributed by atoms with van der Waals surface area (Å²) < 4.78 is 13.7. The molecule has 7 heteroatoms. The van der Waals surface area contributed by atoms with Crippen molar-refractivity contribution >= 4 is 28.1 Å². The second kappa shape index (κ2) is 11.4. The van der Waals surface area contributed by atoms with E-state index in [1.807, 2.05) is 30.3 Å². The molecule has 36 heavy (non-hydrogen) atoms. The van der Waals surface area contributed by atoms with Crippen molar-refractivity contribution in [2.45, 2.75) is 6.92 Å². The lowest BCUT2D eigenvalue weighted by Gasteiger charge is -2.13. The number of aryl methyl sites for hydroxylation is 1. The summed E-state index contributed by atoms with van der Waals surface area (Å²) in [5.74, 6) is 3.11. The van der Waals surface area contributed by atoms with Crippen LogP contribution in [0.4, 0.5) is 0 Å². The molecular formula is C29H24BrN3O3. The maximum Gasteiger partial charge on any atom is 0.271 e. The number of nitrogens with one attached hydrogen (secondary N) is 1. The average Bonchev–Trinajstić information content (AvgIpc) is 3.29. The largest absolute Gasteiger partial charge is 0.493 e. The van der Waals surface area contributed by atoms with Gasteiger partial charge >= 0.3 is 0 Å². The normalized spacial score (nSPS) is 10.7. The molecular weight excluding hydrogens is 518 g/mol. The van der Waals surface area contributed by atoms with Gasteiger partial charge < -0.3 is 14.0 Å². The molecule has 1 amide bonds. The quantitative estimate of drug-likeness (QED) is 0.169. The van der Waals surface area contributed by atoms with Gasteiger partial charge in [0.05, 0.1) is 23.5 Å². The molecule has 0 saturated carbocycles. The van der Waals surface area contributed by atoms with E-state index in [9.17, 15) is 4.79 Å². The van der Waals surface area contributed by atoms with Crippen LogP contribution in [0.1, 0.15) is 21.6 Å². The van der Waals surface area contributed by atoms with Gasteiger partial charge in [-0.1, -0.05) is 36.3 Å². The molecule has 0 aliphatic carbocycles. The highest BCUT2D eigenvalue weighted by Crippen LogP contribution is 2.36. The second-order valence-corrected chi connectivity index (χ2v) is 8.69. The Hall–Kier alpha value is -4.28. The van der Waals surface area contributed by atoms with Crippen LogP contribution >= 0.6 is 15.9 Å². The van der Waals surface area contributed by atoms with Crippen LogP contribution in [0.2, 0.25) is 0 Å². The number of hydrogen-bond acceptors (Lipinski definition) is 4.